The zero-order chi connectivity index (χ0) is 16.0. The highest BCUT2D eigenvalue weighted by atomic mass is 16.2. The molecule has 0 radical (unpaired) electrons. The molecule has 1 atom stereocenters. The number of benzene rings is 2. The third-order valence-electron chi connectivity index (χ3n) is 4.22. The van der Waals surface area contributed by atoms with Gasteiger partial charge in [-0.25, -0.2) is 9.88 Å². The third-order valence-corrected chi connectivity index (χ3v) is 4.22. The first-order valence-corrected chi connectivity index (χ1v) is 7.52. The molecule has 1 aliphatic rings. The molecule has 1 aliphatic heterocycles. The van der Waals surface area contributed by atoms with Crippen molar-refractivity contribution >= 4 is 28.5 Å². The van der Waals surface area contributed by atoms with Crippen LogP contribution in [0, 0.1) is 6.92 Å². The van der Waals surface area contributed by atoms with Crippen molar-refractivity contribution in [1.29, 1.82) is 0 Å². The first kappa shape index (κ1) is 13.7. The van der Waals surface area contributed by atoms with Crippen molar-refractivity contribution in [2.75, 3.05) is 4.90 Å². The predicted molar refractivity (Wildman–Crippen MR) is 87.1 cm³/mol. The summed E-state index contributed by atoms with van der Waals surface area (Å²) >= 11 is 0. The molecule has 0 unspecified atom stereocenters. The molecule has 5 nitrogen and oxygen atoms in total. The maximum Gasteiger partial charge on any atom is 0.257 e. The second-order valence-electron chi connectivity index (χ2n) is 5.64. The van der Waals surface area contributed by atoms with Gasteiger partial charge in [0.05, 0.1) is 23.1 Å². The Labute approximate surface area is 133 Å². The van der Waals surface area contributed by atoms with Gasteiger partial charge in [0, 0.05) is 0 Å². The molecule has 0 aliphatic carbocycles. The number of carbonyl (C=O) groups is 2. The lowest BCUT2D eigenvalue weighted by Crippen LogP contribution is -2.31. The molecule has 2 aromatic carbocycles. The Balaban J connectivity index is 1.80. The fraction of sp³-hybridized carbons (Fsp3) is 0.167. The first-order valence-electron chi connectivity index (χ1n) is 7.52. The van der Waals surface area contributed by atoms with Crippen LogP contribution in [0.3, 0.4) is 0 Å². The third kappa shape index (κ3) is 2.04. The van der Waals surface area contributed by atoms with E-state index in [-0.39, 0.29) is 18.2 Å². The minimum atomic E-state index is -0.532. The van der Waals surface area contributed by atoms with E-state index in [0.717, 1.165) is 16.9 Å². The number of para-hydroxylation sites is 3. The second kappa shape index (κ2) is 5.05. The minimum Gasteiger partial charge on any atom is -0.315 e. The zero-order valence-electron chi connectivity index (χ0n) is 12.6. The zero-order valence-corrected chi connectivity index (χ0v) is 12.6. The maximum absolute atomic E-state index is 12.9. The van der Waals surface area contributed by atoms with Crippen molar-refractivity contribution in [2.45, 2.75) is 19.4 Å². The summed E-state index contributed by atoms with van der Waals surface area (Å²) in [6, 6.07) is 16.2. The lowest BCUT2D eigenvalue weighted by Gasteiger charge is -2.16. The van der Waals surface area contributed by atoms with Gasteiger partial charge in [-0.3, -0.25) is 9.59 Å². The van der Waals surface area contributed by atoms with Crippen LogP contribution in [0.25, 0.3) is 11.0 Å². The summed E-state index contributed by atoms with van der Waals surface area (Å²) in [6.45, 7) is 1.86. The fourth-order valence-corrected chi connectivity index (χ4v) is 3.22. The Bertz CT molecular complexity index is 914. The van der Waals surface area contributed by atoms with Crippen LogP contribution in [-0.4, -0.2) is 21.4 Å². The molecule has 23 heavy (non-hydrogen) atoms. The highest BCUT2D eigenvalue weighted by molar-refractivity contribution is 6.21. The van der Waals surface area contributed by atoms with Gasteiger partial charge in [-0.1, -0.05) is 30.3 Å². The molecule has 114 valence electrons. The average molecular weight is 305 g/mol. The number of hydrogen-bond acceptors (Lipinski definition) is 3. The van der Waals surface area contributed by atoms with Gasteiger partial charge in [0.25, 0.3) is 5.91 Å². The number of anilines is 1. The molecule has 0 N–H and O–H groups in total. The van der Waals surface area contributed by atoms with E-state index >= 15 is 0 Å². The topological polar surface area (TPSA) is 55.2 Å². The number of imide groups is 1. The van der Waals surface area contributed by atoms with Gasteiger partial charge in [0.1, 0.15) is 11.9 Å². The summed E-state index contributed by atoms with van der Waals surface area (Å²) in [6.07, 6.45) is 0.162. The summed E-state index contributed by atoms with van der Waals surface area (Å²) in [7, 11) is 0. The Hall–Kier alpha value is -2.95. The van der Waals surface area contributed by atoms with Crippen molar-refractivity contribution < 1.29 is 9.59 Å². The van der Waals surface area contributed by atoms with Crippen LogP contribution in [0.2, 0.25) is 0 Å². The number of rotatable bonds is 2. The Morgan fingerprint density at radius 1 is 1.00 bits per heavy atom. The van der Waals surface area contributed by atoms with E-state index < -0.39 is 6.04 Å². The summed E-state index contributed by atoms with van der Waals surface area (Å²) < 4.78 is 1.87. The van der Waals surface area contributed by atoms with Crippen LogP contribution < -0.4 is 4.90 Å². The minimum absolute atomic E-state index is 0.162. The average Bonchev–Trinajstić information content (AvgIpc) is 3.03. The van der Waals surface area contributed by atoms with E-state index in [1.165, 1.54) is 4.90 Å². The quantitative estimate of drug-likeness (QED) is 0.684. The van der Waals surface area contributed by atoms with Crippen molar-refractivity contribution in [1.82, 2.24) is 9.55 Å². The summed E-state index contributed by atoms with van der Waals surface area (Å²) in [4.78, 5) is 31.0. The molecule has 0 spiro atoms. The van der Waals surface area contributed by atoms with E-state index in [1.807, 2.05) is 54.0 Å². The van der Waals surface area contributed by atoms with Crippen LogP contribution in [-0.2, 0) is 9.59 Å². The van der Waals surface area contributed by atoms with E-state index in [4.69, 9.17) is 0 Å². The van der Waals surface area contributed by atoms with Gasteiger partial charge in [0.15, 0.2) is 0 Å². The van der Waals surface area contributed by atoms with Crippen molar-refractivity contribution in [3.05, 3.63) is 60.4 Å². The van der Waals surface area contributed by atoms with E-state index in [2.05, 4.69) is 4.98 Å². The summed E-state index contributed by atoms with van der Waals surface area (Å²) in [5.41, 5.74) is 2.33. The van der Waals surface area contributed by atoms with Gasteiger partial charge >= 0.3 is 0 Å². The van der Waals surface area contributed by atoms with Crippen molar-refractivity contribution in [2.24, 2.45) is 0 Å². The van der Waals surface area contributed by atoms with Crippen molar-refractivity contribution in [3.8, 4) is 0 Å². The fourth-order valence-electron chi connectivity index (χ4n) is 3.22. The highest BCUT2D eigenvalue weighted by Gasteiger charge is 2.41. The second-order valence-corrected chi connectivity index (χ2v) is 5.64. The maximum atomic E-state index is 12.9. The number of nitrogens with zero attached hydrogens (tertiary/aromatic N) is 3. The van der Waals surface area contributed by atoms with Crippen LogP contribution in [0.1, 0.15) is 18.3 Å². The molecule has 2 heterocycles. The summed E-state index contributed by atoms with van der Waals surface area (Å²) in [5.74, 6) is 0.364. The lowest BCUT2D eigenvalue weighted by atomic mass is 10.2. The summed E-state index contributed by atoms with van der Waals surface area (Å²) in [5, 5.41) is 0. The molecule has 1 aromatic heterocycles. The first-order chi connectivity index (χ1) is 11.2. The molecule has 0 bridgehead atoms. The predicted octanol–water partition coefficient (Wildman–Crippen LogP) is 2.85. The van der Waals surface area contributed by atoms with Crippen LogP contribution in [0.4, 0.5) is 5.69 Å². The molecular weight excluding hydrogens is 290 g/mol. The number of aryl methyl sites for hydroxylation is 1. The van der Waals surface area contributed by atoms with Gasteiger partial charge in [-0.05, 0) is 31.2 Å². The number of aromatic nitrogens is 2. The normalized spacial score (nSPS) is 18.1. The highest BCUT2D eigenvalue weighted by Crippen LogP contribution is 2.32. The Kier molecular flexibility index (Phi) is 3.01. The molecular formula is C18H15N3O2. The van der Waals surface area contributed by atoms with E-state index in [1.54, 1.807) is 12.1 Å². The van der Waals surface area contributed by atoms with E-state index in [9.17, 15) is 9.59 Å². The number of imidazole rings is 1. The molecule has 1 fully saturated rings. The number of amides is 2. The molecule has 4 rings (SSSR count). The number of fused-ring (bicyclic) bond motifs is 1. The number of carbonyl (C=O) groups excluding carboxylic acids is 2. The van der Waals surface area contributed by atoms with Crippen molar-refractivity contribution in [3.63, 3.8) is 0 Å². The lowest BCUT2D eigenvalue weighted by molar-refractivity contribution is -0.122. The molecule has 2 amide bonds. The largest absolute Gasteiger partial charge is 0.315 e. The molecule has 5 heteroatoms. The van der Waals surface area contributed by atoms with Crippen LogP contribution >= 0.6 is 0 Å². The molecule has 1 saturated heterocycles. The smallest absolute Gasteiger partial charge is 0.257 e. The Morgan fingerprint density at radius 2 is 1.70 bits per heavy atom. The standard InChI is InChI=1S/C18H15N3O2/c1-12-19-14-9-5-6-10-15(14)20(12)16-11-17(22)21(18(16)23)13-7-3-2-4-8-13/h2-10,16H,11H2,1H3/t16-/m1/s1. The van der Waals surface area contributed by atoms with Gasteiger partial charge in [0.2, 0.25) is 5.91 Å². The van der Waals surface area contributed by atoms with E-state index in [0.29, 0.717) is 5.69 Å². The molecule has 0 saturated carbocycles. The SMILES string of the molecule is Cc1nc2ccccc2n1[C@@H]1CC(=O)N(c2ccccc2)C1=O. The Morgan fingerprint density at radius 3 is 2.48 bits per heavy atom. The van der Waals surface area contributed by atoms with Crippen LogP contribution in [0.5, 0.6) is 0 Å². The monoisotopic (exact) mass is 305 g/mol. The van der Waals surface area contributed by atoms with Crippen LogP contribution in [0.15, 0.2) is 54.6 Å². The number of hydrogen-bond donors (Lipinski definition) is 0. The van der Waals surface area contributed by atoms with Gasteiger partial charge in [-0.2, -0.15) is 0 Å². The molecule has 3 aromatic rings. The van der Waals surface area contributed by atoms with Gasteiger partial charge < -0.3 is 4.57 Å². The van der Waals surface area contributed by atoms with Gasteiger partial charge in [-0.15, -0.1) is 0 Å².